The zero-order valence-corrected chi connectivity index (χ0v) is 21.3. The van der Waals surface area contributed by atoms with Gasteiger partial charge in [-0.1, -0.05) is 13.3 Å². The fraction of sp³-hybridized carbons (Fsp3) is 0.611. The van der Waals surface area contributed by atoms with Gasteiger partial charge in [0.05, 0.1) is 6.54 Å². The average molecular weight is 568 g/mol. The van der Waals surface area contributed by atoms with E-state index < -0.39 is 10.0 Å². The molecule has 3 heterocycles. The predicted molar refractivity (Wildman–Crippen MR) is 130 cm³/mol. The van der Waals surface area contributed by atoms with Crippen LogP contribution in [0.25, 0.3) is 0 Å². The van der Waals surface area contributed by atoms with Gasteiger partial charge < -0.3 is 15.2 Å². The summed E-state index contributed by atoms with van der Waals surface area (Å²) >= 11 is 1.32. The van der Waals surface area contributed by atoms with Gasteiger partial charge >= 0.3 is 0 Å². The molecular weight excluding hydrogens is 537 g/mol. The van der Waals surface area contributed by atoms with Crippen molar-refractivity contribution >= 4 is 51.3 Å². The molecule has 0 saturated carbocycles. The number of hydrogen-bond acceptors (Lipinski definition) is 6. The summed E-state index contributed by atoms with van der Waals surface area (Å²) in [5.41, 5.74) is 0. The van der Waals surface area contributed by atoms with Gasteiger partial charge in [-0.15, -0.1) is 45.5 Å². The number of piperidine rings is 1. The molecule has 2 aromatic heterocycles. The van der Waals surface area contributed by atoms with Gasteiger partial charge in [0.15, 0.2) is 5.96 Å². The smallest absolute Gasteiger partial charge is 0.252 e. The Hall–Kier alpha value is -1.25. The number of aromatic nitrogens is 3. The van der Waals surface area contributed by atoms with Crippen molar-refractivity contribution in [3.05, 3.63) is 29.2 Å². The maximum Gasteiger partial charge on any atom is 0.252 e. The fourth-order valence-corrected chi connectivity index (χ4v) is 6.22. The molecule has 9 nitrogen and oxygen atoms in total. The first kappa shape index (κ1) is 25.0. The summed E-state index contributed by atoms with van der Waals surface area (Å²) in [5.74, 6) is 1.63. The third-order valence-corrected chi connectivity index (χ3v) is 8.31. The minimum Gasteiger partial charge on any atom is -0.355 e. The second kappa shape index (κ2) is 12.0. The van der Waals surface area contributed by atoms with E-state index in [4.69, 9.17) is 0 Å². The third-order valence-electron chi connectivity index (χ3n) is 4.86. The topological polar surface area (TPSA) is 105 Å². The highest BCUT2D eigenvalue weighted by molar-refractivity contribution is 14.0. The lowest BCUT2D eigenvalue weighted by Gasteiger charge is -2.25. The van der Waals surface area contributed by atoms with Crippen molar-refractivity contribution in [1.82, 2.24) is 29.7 Å². The molecule has 1 aliphatic heterocycles. The number of halogens is 1. The van der Waals surface area contributed by atoms with Crippen molar-refractivity contribution in [3.63, 3.8) is 0 Å². The molecule has 168 valence electrons. The van der Waals surface area contributed by atoms with Gasteiger partial charge in [-0.25, -0.2) is 8.42 Å². The molecule has 0 amide bonds. The molecule has 0 bridgehead atoms. The molecule has 0 spiro atoms. The van der Waals surface area contributed by atoms with Gasteiger partial charge in [0.2, 0.25) is 0 Å². The highest BCUT2D eigenvalue weighted by atomic mass is 127. The number of hydrogen-bond donors (Lipinski definition) is 2. The Morgan fingerprint density at radius 3 is 2.70 bits per heavy atom. The third kappa shape index (κ3) is 6.37. The molecule has 0 atom stereocenters. The second-order valence-corrected chi connectivity index (χ2v) is 10.2. The molecule has 1 saturated heterocycles. The van der Waals surface area contributed by atoms with Crippen LogP contribution in [-0.2, 0) is 29.5 Å². The van der Waals surface area contributed by atoms with Crippen LogP contribution in [0.4, 0.5) is 0 Å². The number of nitrogens with zero attached hydrogens (tertiary/aromatic N) is 5. The number of sulfonamides is 1. The largest absolute Gasteiger partial charge is 0.355 e. The van der Waals surface area contributed by atoms with E-state index in [1.54, 1.807) is 23.7 Å². The highest BCUT2D eigenvalue weighted by Gasteiger charge is 2.27. The van der Waals surface area contributed by atoms with Crippen LogP contribution in [0.15, 0.2) is 27.7 Å². The molecular formula is C18H30IN7O2S2. The summed E-state index contributed by atoms with van der Waals surface area (Å²) in [4.78, 5) is 5.18. The summed E-state index contributed by atoms with van der Waals surface area (Å²) in [5, 5.41) is 14.5. The van der Waals surface area contributed by atoms with E-state index in [0.717, 1.165) is 42.9 Å². The van der Waals surface area contributed by atoms with Crippen LogP contribution < -0.4 is 10.6 Å². The molecule has 3 rings (SSSR count). The molecule has 2 N–H and O–H groups in total. The van der Waals surface area contributed by atoms with Crippen LogP contribution in [0, 0.1) is 0 Å². The average Bonchev–Trinajstić information content (AvgIpc) is 3.40. The SMILES string of the molecule is CCc1nncn1CCNC(=NC)NCc1ccc(S(=O)(=O)N2CCCCC2)s1.I. The summed E-state index contributed by atoms with van der Waals surface area (Å²) in [6, 6.07) is 3.58. The first-order valence-electron chi connectivity index (χ1n) is 9.94. The zero-order chi connectivity index (χ0) is 20.7. The van der Waals surface area contributed by atoms with Crippen LogP contribution in [0.3, 0.4) is 0 Å². The van der Waals surface area contributed by atoms with Crippen LogP contribution in [0.1, 0.15) is 36.9 Å². The number of nitrogens with one attached hydrogen (secondary N) is 2. The second-order valence-electron chi connectivity index (χ2n) is 6.83. The first-order chi connectivity index (χ1) is 14.0. The normalized spacial score (nSPS) is 15.6. The van der Waals surface area contributed by atoms with E-state index in [9.17, 15) is 8.42 Å². The van der Waals surface area contributed by atoms with Crippen molar-refractivity contribution in [2.24, 2.45) is 4.99 Å². The van der Waals surface area contributed by atoms with E-state index in [0.29, 0.717) is 36.3 Å². The Bertz CT molecular complexity index is 921. The first-order valence-corrected chi connectivity index (χ1v) is 12.2. The van der Waals surface area contributed by atoms with E-state index in [1.807, 2.05) is 10.6 Å². The van der Waals surface area contributed by atoms with Crippen molar-refractivity contribution in [1.29, 1.82) is 0 Å². The van der Waals surface area contributed by atoms with Gasteiger partial charge in [-0.2, -0.15) is 4.31 Å². The van der Waals surface area contributed by atoms with Crippen molar-refractivity contribution in [2.45, 2.75) is 49.9 Å². The van der Waals surface area contributed by atoms with Crippen molar-refractivity contribution in [2.75, 3.05) is 26.7 Å². The highest BCUT2D eigenvalue weighted by Crippen LogP contribution is 2.26. The molecule has 2 aromatic rings. The summed E-state index contributed by atoms with van der Waals surface area (Å²) in [7, 11) is -1.65. The summed E-state index contributed by atoms with van der Waals surface area (Å²) in [6.07, 6.45) is 5.56. The monoisotopic (exact) mass is 567 g/mol. The Kier molecular flexibility index (Phi) is 9.97. The quantitative estimate of drug-likeness (QED) is 0.288. The van der Waals surface area contributed by atoms with Gasteiger partial charge in [0.1, 0.15) is 16.4 Å². The maximum absolute atomic E-state index is 12.8. The lowest BCUT2D eigenvalue weighted by Crippen LogP contribution is -2.38. The van der Waals surface area contributed by atoms with E-state index in [-0.39, 0.29) is 24.0 Å². The van der Waals surface area contributed by atoms with Crippen molar-refractivity contribution in [3.8, 4) is 0 Å². The molecule has 0 radical (unpaired) electrons. The lowest BCUT2D eigenvalue weighted by atomic mass is 10.2. The van der Waals surface area contributed by atoms with Gasteiger partial charge in [-0.05, 0) is 25.0 Å². The van der Waals surface area contributed by atoms with Gasteiger partial charge in [0, 0.05) is 44.5 Å². The number of aryl methyl sites for hydroxylation is 1. The molecule has 1 fully saturated rings. The van der Waals surface area contributed by atoms with Crippen LogP contribution >= 0.6 is 35.3 Å². The number of thiophene rings is 1. The van der Waals surface area contributed by atoms with E-state index in [1.165, 1.54) is 11.3 Å². The Morgan fingerprint density at radius 1 is 1.23 bits per heavy atom. The number of aliphatic imine (C=N–C) groups is 1. The van der Waals surface area contributed by atoms with Crippen molar-refractivity contribution < 1.29 is 8.42 Å². The molecule has 0 aromatic carbocycles. The molecule has 1 aliphatic rings. The van der Waals surface area contributed by atoms with Crippen LogP contribution in [-0.4, -0.2) is 60.1 Å². The van der Waals surface area contributed by atoms with E-state index >= 15 is 0 Å². The zero-order valence-electron chi connectivity index (χ0n) is 17.4. The fourth-order valence-electron chi connectivity index (χ4n) is 3.25. The maximum atomic E-state index is 12.8. The van der Waals surface area contributed by atoms with Crippen LogP contribution in [0.2, 0.25) is 0 Å². The van der Waals surface area contributed by atoms with Crippen LogP contribution in [0.5, 0.6) is 0 Å². The standard InChI is InChI=1S/C18H29N7O2S2.HI/c1-3-16-23-22-14-24(16)12-9-20-18(19-2)21-13-15-7-8-17(28-15)29(26,27)25-10-5-4-6-11-25;/h7-8,14H,3-6,9-13H2,1-2H3,(H2,19,20,21);1H. The summed E-state index contributed by atoms with van der Waals surface area (Å²) in [6.45, 7) is 5.24. The van der Waals surface area contributed by atoms with E-state index in [2.05, 4.69) is 32.7 Å². The minimum absolute atomic E-state index is 0. The number of guanidine groups is 1. The molecule has 12 heteroatoms. The number of rotatable bonds is 8. The molecule has 0 aliphatic carbocycles. The Balaban J connectivity index is 0.00000320. The molecule has 30 heavy (non-hydrogen) atoms. The predicted octanol–water partition coefficient (Wildman–Crippen LogP) is 2.06. The Morgan fingerprint density at radius 2 is 2.00 bits per heavy atom. The minimum atomic E-state index is -3.37. The Labute approximate surface area is 199 Å². The summed E-state index contributed by atoms with van der Waals surface area (Å²) < 4.78 is 29.6. The van der Waals surface area contributed by atoms with Gasteiger partial charge in [0.25, 0.3) is 10.0 Å². The molecule has 0 unspecified atom stereocenters. The lowest BCUT2D eigenvalue weighted by molar-refractivity contribution is 0.347. The van der Waals surface area contributed by atoms with Gasteiger partial charge in [-0.3, -0.25) is 4.99 Å².